The highest BCUT2D eigenvalue weighted by Gasteiger charge is 2.33. The molecule has 4 nitrogen and oxygen atoms in total. The Bertz CT molecular complexity index is 631. The molecule has 0 bridgehead atoms. The first-order chi connectivity index (χ1) is 9.86. The van der Waals surface area contributed by atoms with E-state index in [1.165, 1.54) is 0 Å². The van der Waals surface area contributed by atoms with Crippen LogP contribution in [0.1, 0.15) is 49.4 Å². The first-order valence-corrected chi connectivity index (χ1v) is 8.67. The maximum atomic E-state index is 13.9. The van der Waals surface area contributed by atoms with E-state index in [1.54, 1.807) is 0 Å². The molecule has 6 heteroatoms. The maximum absolute atomic E-state index is 13.9. The Morgan fingerprint density at radius 3 is 2.43 bits per heavy atom. The molecule has 1 aliphatic rings. The molecular weight excluding hydrogens is 295 g/mol. The summed E-state index contributed by atoms with van der Waals surface area (Å²) in [5, 5.41) is 8.31. The number of carbonyl (C=O) groups is 1. The summed E-state index contributed by atoms with van der Waals surface area (Å²) >= 11 is 0. The van der Waals surface area contributed by atoms with Gasteiger partial charge in [-0.3, -0.25) is 0 Å². The number of halogens is 1. The molecule has 0 saturated heterocycles. The highest BCUT2D eigenvalue weighted by molar-refractivity contribution is 7.92. The molecule has 2 rings (SSSR count). The van der Waals surface area contributed by atoms with Crippen molar-refractivity contribution in [3.63, 3.8) is 0 Å². The molecule has 116 valence electrons. The summed E-state index contributed by atoms with van der Waals surface area (Å²) in [6.45, 7) is 2.08. The zero-order chi connectivity index (χ0) is 15.6. The summed E-state index contributed by atoms with van der Waals surface area (Å²) in [5.74, 6) is -1.61. The van der Waals surface area contributed by atoms with E-state index in [2.05, 4.69) is 6.92 Å². The third kappa shape index (κ3) is 3.26. The lowest BCUT2D eigenvalue weighted by Gasteiger charge is -2.27. The number of benzene rings is 1. The van der Waals surface area contributed by atoms with Gasteiger partial charge in [0.15, 0.2) is 9.84 Å². The van der Waals surface area contributed by atoms with Gasteiger partial charge in [0.2, 0.25) is 0 Å². The molecule has 1 saturated carbocycles. The van der Waals surface area contributed by atoms with Gasteiger partial charge in [0.05, 0.1) is 10.8 Å². The third-order valence-corrected chi connectivity index (χ3v) is 6.57. The quantitative estimate of drug-likeness (QED) is 0.926. The van der Waals surface area contributed by atoms with Crippen LogP contribution in [0.2, 0.25) is 0 Å². The number of carboxylic acids is 1. The second-order valence-corrected chi connectivity index (χ2v) is 7.74. The molecule has 1 aromatic carbocycles. The van der Waals surface area contributed by atoms with Crippen LogP contribution in [0, 0.1) is 11.7 Å². The fourth-order valence-electron chi connectivity index (χ4n) is 2.88. The van der Waals surface area contributed by atoms with Crippen LogP contribution in [0.4, 0.5) is 4.39 Å². The van der Waals surface area contributed by atoms with Crippen molar-refractivity contribution >= 4 is 15.8 Å². The number of hydrogen-bond donors (Lipinski definition) is 1. The summed E-state index contributed by atoms with van der Waals surface area (Å²) < 4.78 is 38.9. The fourth-order valence-corrected chi connectivity index (χ4v) is 4.77. The van der Waals surface area contributed by atoms with Crippen molar-refractivity contribution in [3.05, 3.63) is 29.6 Å². The van der Waals surface area contributed by atoms with Crippen molar-refractivity contribution in [2.45, 2.75) is 49.2 Å². The van der Waals surface area contributed by atoms with E-state index in [0.29, 0.717) is 18.8 Å². The molecule has 1 fully saturated rings. The Balaban J connectivity index is 2.32. The van der Waals surface area contributed by atoms with Crippen LogP contribution < -0.4 is 0 Å². The van der Waals surface area contributed by atoms with Crippen LogP contribution in [-0.4, -0.2) is 24.7 Å². The van der Waals surface area contributed by atoms with Gasteiger partial charge in [-0.2, -0.15) is 0 Å². The molecule has 0 aliphatic heterocycles. The maximum Gasteiger partial charge on any atom is 0.335 e. The molecule has 0 spiro atoms. The van der Waals surface area contributed by atoms with E-state index in [9.17, 15) is 17.6 Å². The number of hydrogen-bond acceptors (Lipinski definition) is 3. The van der Waals surface area contributed by atoms with E-state index in [4.69, 9.17) is 5.11 Å². The van der Waals surface area contributed by atoms with Crippen molar-refractivity contribution < 1.29 is 22.7 Å². The lowest BCUT2D eigenvalue weighted by atomic mass is 9.87. The largest absolute Gasteiger partial charge is 0.478 e. The number of rotatable bonds is 4. The highest BCUT2D eigenvalue weighted by atomic mass is 32.2. The average Bonchev–Trinajstić information content (AvgIpc) is 2.47. The number of sulfone groups is 1. The van der Waals surface area contributed by atoms with Gasteiger partial charge in [0, 0.05) is 0 Å². The van der Waals surface area contributed by atoms with Gasteiger partial charge in [-0.05, 0) is 49.8 Å². The Kier molecular flexibility index (Phi) is 4.66. The minimum atomic E-state index is -3.82. The lowest BCUT2D eigenvalue weighted by Crippen LogP contribution is -2.28. The first kappa shape index (κ1) is 15.9. The third-order valence-electron chi connectivity index (χ3n) is 4.29. The Hall–Kier alpha value is -1.43. The Labute approximate surface area is 123 Å². The SMILES string of the molecule is CCC1CCC(S(=O)(=O)c2cc(C(=O)O)ccc2F)CC1. The van der Waals surface area contributed by atoms with E-state index in [-0.39, 0.29) is 5.56 Å². The van der Waals surface area contributed by atoms with Gasteiger partial charge in [0.25, 0.3) is 0 Å². The topological polar surface area (TPSA) is 71.4 Å². The highest BCUT2D eigenvalue weighted by Crippen LogP contribution is 2.34. The molecule has 1 aromatic rings. The lowest BCUT2D eigenvalue weighted by molar-refractivity contribution is 0.0696. The van der Waals surface area contributed by atoms with E-state index < -0.39 is 31.8 Å². The molecule has 21 heavy (non-hydrogen) atoms. The average molecular weight is 314 g/mol. The monoisotopic (exact) mass is 314 g/mol. The van der Waals surface area contributed by atoms with Crippen LogP contribution in [0.5, 0.6) is 0 Å². The summed E-state index contributed by atoms with van der Waals surface area (Å²) in [4.78, 5) is 10.4. The number of aromatic carboxylic acids is 1. The van der Waals surface area contributed by atoms with E-state index >= 15 is 0 Å². The van der Waals surface area contributed by atoms with E-state index in [0.717, 1.165) is 37.5 Å². The van der Waals surface area contributed by atoms with Crippen LogP contribution in [0.15, 0.2) is 23.1 Å². The predicted molar refractivity (Wildman–Crippen MR) is 76.6 cm³/mol. The molecule has 0 amide bonds. The minimum absolute atomic E-state index is 0.211. The molecular formula is C15H19FO4S. The van der Waals surface area contributed by atoms with Crippen molar-refractivity contribution in [1.29, 1.82) is 0 Å². The van der Waals surface area contributed by atoms with Crippen LogP contribution >= 0.6 is 0 Å². The molecule has 0 heterocycles. The standard InChI is InChI=1S/C15H19FO4S/c1-2-10-3-6-12(7-4-10)21(19,20)14-9-11(15(17)18)5-8-13(14)16/h5,8-10,12H,2-4,6-7H2,1H3,(H,17,18). The summed E-state index contributed by atoms with van der Waals surface area (Å²) in [6.07, 6.45) is 3.69. The molecule has 1 N–H and O–H groups in total. The minimum Gasteiger partial charge on any atom is -0.478 e. The zero-order valence-electron chi connectivity index (χ0n) is 11.9. The van der Waals surface area contributed by atoms with Gasteiger partial charge in [-0.15, -0.1) is 0 Å². The Morgan fingerprint density at radius 2 is 1.90 bits per heavy atom. The van der Waals surface area contributed by atoms with Crippen molar-refractivity contribution in [2.24, 2.45) is 5.92 Å². The molecule has 0 aromatic heterocycles. The zero-order valence-corrected chi connectivity index (χ0v) is 12.7. The van der Waals surface area contributed by atoms with Crippen LogP contribution in [0.3, 0.4) is 0 Å². The normalized spacial score (nSPS) is 23.0. The van der Waals surface area contributed by atoms with Crippen molar-refractivity contribution in [1.82, 2.24) is 0 Å². The summed E-state index contributed by atoms with van der Waals surface area (Å²) in [6, 6.07) is 2.91. The van der Waals surface area contributed by atoms with Gasteiger partial charge in [-0.1, -0.05) is 13.3 Å². The van der Waals surface area contributed by atoms with Gasteiger partial charge in [0.1, 0.15) is 10.7 Å². The predicted octanol–water partition coefficient (Wildman–Crippen LogP) is 3.27. The molecule has 0 radical (unpaired) electrons. The van der Waals surface area contributed by atoms with Crippen LogP contribution in [-0.2, 0) is 9.84 Å². The van der Waals surface area contributed by atoms with Gasteiger partial charge in [-0.25, -0.2) is 17.6 Å². The second kappa shape index (κ2) is 6.13. The Morgan fingerprint density at radius 1 is 1.29 bits per heavy atom. The van der Waals surface area contributed by atoms with E-state index in [1.807, 2.05) is 0 Å². The number of carboxylic acid groups (broad SMARTS) is 1. The van der Waals surface area contributed by atoms with Crippen molar-refractivity contribution in [2.75, 3.05) is 0 Å². The molecule has 1 aliphatic carbocycles. The van der Waals surface area contributed by atoms with Crippen LogP contribution in [0.25, 0.3) is 0 Å². The van der Waals surface area contributed by atoms with Crippen molar-refractivity contribution in [3.8, 4) is 0 Å². The van der Waals surface area contributed by atoms with Gasteiger partial charge < -0.3 is 5.11 Å². The molecule has 0 unspecified atom stereocenters. The fraction of sp³-hybridized carbons (Fsp3) is 0.533. The van der Waals surface area contributed by atoms with Gasteiger partial charge >= 0.3 is 5.97 Å². The molecule has 0 atom stereocenters. The summed E-state index contributed by atoms with van der Waals surface area (Å²) in [7, 11) is -3.82. The first-order valence-electron chi connectivity index (χ1n) is 7.13. The smallest absolute Gasteiger partial charge is 0.335 e. The summed E-state index contributed by atoms with van der Waals surface area (Å²) in [5.41, 5.74) is -0.211. The second-order valence-electron chi connectivity index (χ2n) is 5.55.